The van der Waals surface area contributed by atoms with E-state index in [0.717, 1.165) is 6.07 Å². The third kappa shape index (κ3) is 2.26. The molecule has 2 aromatic carbocycles. The molecular weight excluding hydrogens is 324 g/mol. The molecule has 2 nitrogen and oxygen atoms in total. The average molecular weight is 331 g/mol. The van der Waals surface area contributed by atoms with Crippen molar-refractivity contribution in [3.63, 3.8) is 0 Å². The van der Waals surface area contributed by atoms with Gasteiger partial charge in [0.15, 0.2) is 11.6 Å². The molecule has 3 aromatic rings. The van der Waals surface area contributed by atoms with Gasteiger partial charge in [-0.05, 0) is 12.1 Å². The summed E-state index contributed by atoms with van der Waals surface area (Å²) in [5, 5.41) is 0.342. The fraction of sp³-hybridized carbons (Fsp3) is 0.0714. The molecule has 0 N–H and O–H groups in total. The first-order valence-corrected chi connectivity index (χ1v) is 6.81. The maximum Gasteiger partial charge on any atom is 0.183 e. The highest BCUT2D eigenvalue weighted by Gasteiger charge is 2.19. The van der Waals surface area contributed by atoms with Crippen molar-refractivity contribution in [2.45, 2.75) is 5.88 Å². The van der Waals surface area contributed by atoms with E-state index in [1.165, 1.54) is 4.57 Å². The van der Waals surface area contributed by atoms with Crippen LogP contribution in [-0.4, -0.2) is 9.55 Å². The van der Waals surface area contributed by atoms with E-state index in [0.29, 0.717) is 22.1 Å². The van der Waals surface area contributed by atoms with Crippen LogP contribution in [0.3, 0.4) is 0 Å². The Kier molecular flexibility index (Phi) is 3.55. The molecule has 0 unspecified atom stereocenters. The van der Waals surface area contributed by atoms with Gasteiger partial charge in [-0.15, -0.1) is 11.6 Å². The summed E-state index contributed by atoms with van der Waals surface area (Å²) in [6.45, 7) is 0. The summed E-state index contributed by atoms with van der Waals surface area (Å²) in [7, 11) is 0. The average Bonchev–Trinajstić information content (AvgIpc) is 2.83. The second-order valence-corrected chi connectivity index (χ2v) is 5.00. The first-order chi connectivity index (χ1) is 10.0. The molecule has 0 radical (unpaired) electrons. The van der Waals surface area contributed by atoms with Crippen molar-refractivity contribution in [3.8, 4) is 5.69 Å². The summed E-state index contributed by atoms with van der Waals surface area (Å²) < 4.78 is 42.1. The van der Waals surface area contributed by atoms with Crippen LogP contribution in [0.15, 0.2) is 30.3 Å². The molecule has 0 aliphatic rings. The SMILES string of the molecule is Fc1cc(F)c(F)c(-n2c(CCl)nc3c(Cl)cccc32)c1. The Hall–Kier alpha value is -1.72. The Morgan fingerprint density at radius 3 is 2.62 bits per heavy atom. The van der Waals surface area contributed by atoms with Gasteiger partial charge in [0.2, 0.25) is 0 Å². The van der Waals surface area contributed by atoms with E-state index < -0.39 is 17.5 Å². The molecule has 0 aliphatic carbocycles. The molecule has 108 valence electrons. The third-order valence-electron chi connectivity index (χ3n) is 3.04. The van der Waals surface area contributed by atoms with E-state index in [1.807, 2.05) is 0 Å². The van der Waals surface area contributed by atoms with Gasteiger partial charge in [0.25, 0.3) is 0 Å². The Balaban J connectivity index is 2.42. The van der Waals surface area contributed by atoms with Gasteiger partial charge in [0, 0.05) is 12.1 Å². The molecule has 0 fully saturated rings. The predicted molar refractivity (Wildman–Crippen MR) is 75.5 cm³/mol. The molecule has 0 spiro atoms. The van der Waals surface area contributed by atoms with Gasteiger partial charge >= 0.3 is 0 Å². The lowest BCUT2D eigenvalue weighted by molar-refractivity contribution is 0.490. The Morgan fingerprint density at radius 1 is 1.14 bits per heavy atom. The molecule has 0 saturated heterocycles. The van der Waals surface area contributed by atoms with E-state index in [4.69, 9.17) is 23.2 Å². The quantitative estimate of drug-likeness (QED) is 0.486. The summed E-state index contributed by atoms with van der Waals surface area (Å²) in [5.41, 5.74) is 0.508. The van der Waals surface area contributed by atoms with Gasteiger partial charge < -0.3 is 0 Å². The number of hydrogen-bond acceptors (Lipinski definition) is 1. The molecule has 1 aromatic heterocycles. The van der Waals surface area contributed by atoms with Crippen LogP contribution in [0.2, 0.25) is 5.02 Å². The summed E-state index contributed by atoms with van der Waals surface area (Å²) in [4.78, 5) is 4.20. The standard InChI is InChI=1S/C14H7Cl2F3N2/c15-6-12-20-14-8(16)2-1-3-10(14)21(12)11-5-7(17)4-9(18)13(11)19/h1-5H,6H2. The number of hydrogen-bond donors (Lipinski definition) is 0. The molecule has 0 aliphatic heterocycles. The predicted octanol–water partition coefficient (Wildman–Crippen LogP) is 4.84. The topological polar surface area (TPSA) is 17.8 Å². The molecule has 7 heteroatoms. The van der Waals surface area contributed by atoms with Crippen molar-refractivity contribution in [1.82, 2.24) is 9.55 Å². The maximum absolute atomic E-state index is 14.0. The van der Waals surface area contributed by atoms with Crippen LogP contribution in [0.4, 0.5) is 13.2 Å². The van der Waals surface area contributed by atoms with Crippen LogP contribution in [0, 0.1) is 17.5 Å². The molecule has 21 heavy (non-hydrogen) atoms. The van der Waals surface area contributed by atoms with Gasteiger partial charge in [0.1, 0.15) is 17.2 Å². The lowest BCUT2D eigenvalue weighted by atomic mass is 10.2. The normalized spacial score (nSPS) is 11.3. The minimum absolute atomic E-state index is 0.0669. The number of alkyl halides is 1. The minimum atomic E-state index is -1.28. The van der Waals surface area contributed by atoms with Crippen molar-refractivity contribution in [1.29, 1.82) is 0 Å². The number of imidazole rings is 1. The highest BCUT2D eigenvalue weighted by molar-refractivity contribution is 6.35. The molecule has 0 saturated carbocycles. The first kappa shape index (κ1) is 14.2. The number of aromatic nitrogens is 2. The van der Waals surface area contributed by atoms with Gasteiger partial charge in [-0.2, -0.15) is 0 Å². The van der Waals surface area contributed by atoms with Crippen LogP contribution in [-0.2, 0) is 5.88 Å². The largest absolute Gasteiger partial charge is 0.292 e. The molecule has 3 rings (SSSR count). The lowest BCUT2D eigenvalue weighted by Crippen LogP contribution is -2.04. The lowest BCUT2D eigenvalue weighted by Gasteiger charge is -2.10. The van der Waals surface area contributed by atoms with E-state index in [9.17, 15) is 13.2 Å². The van der Waals surface area contributed by atoms with Crippen molar-refractivity contribution in [2.24, 2.45) is 0 Å². The van der Waals surface area contributed by atoms with Crippen molar-refractivity contribution in [3.05, 3.63) is 58.6 Å². The molecule has 1 heterocycles. The van der Waals surface area contributed by atoms with Gasteiger partial charge in [-0.1, -0.05) is 17.7 Å². The van der Waals surface area contributed by atoms with Crippen LogP contribution in [0.5, 0.6) is 0 Å². The van der Waals surface area contributed by atoms with Gasteiger partial charge in [0.05, 0.1) is 22.1 Å². The first-order valence-electron chi connectivity index (χ1n) is 5.89. The second-order valence-electron chi connectivity index (χ2n) is 4.33. The Labute approximate surface area is 127 Å². The molecule has 0 bridgehead atoms. The Morgan fingerprint density at radius 2 is 1.90 bits per heavy atom. The smallest absolute Gasteiger partial charge is 0.183 e. The molecule has 0 amide bonds. The zero-order valence-electron chi connectivity index (χ0n) is 10.4. The number of halogens is 5. The summed E-state index contributed by atoms with van der Waals surface area (Å²) >= 11 is 11.8. The number of para-hydroxylation sites is 1. The van der Waals surface area contributed by atoms with Gasteiger partial charge in [-0.25, -0.2) is 18.2 Å². The second kappa shape index (κ2) is 5.24. The van der Waals surface area contributed by atoms with Crippen molar-refractivity contribution in [2.75, 3.05) is 0 Å². The van der Waals surface area contributed by atoms with E-state index in [1.54, 1.807) is 18.2 Å². The fourth-order valence-electron chi connectivity index (χ4n) is 2.18. The Bertz CT molecular complexity index is 846. The van der Waals surface area contributed by atoms with Gasteiger partial charge in [-0.3, -0.25) is 4.57 Å². The van der Waals surface area contributed by atoms with Crippen LogP contribution >= 0.6 is 23.2 Å². The minimum Gasteiger partial charge on any atom is -0.292 e. The number of fused-ring (bicyclic) bond motifs is 1. The third-order valence-corrected chi connectivity index (χ3v) is 3.58. The zero-order valence-corrected chi connectivity index (χ0v) is 11.9. The number of nitrogens with zero attached hydrogens (tertiary/aromatic N) is 2. The van der Waals surface area contributed by atoms with E-state index >= 15 is 0 Å². The van der Waals surface area contributed by atoms with Crippen LogP contribution in [0.25, 0.3) is 16.7 Å². The summed E-state index contributed by atoms with van der Waals surface area (Å²) in [6.07, 6.45) is 0. The van der Waals surface area contributed by atoms with E-state index in [2.05, 4.69) is 4.98 Å². The van der Waals surface area contributed by atoms with Crippen LogP contribution < -0.4 is 0 Å². The van der Waals surface area contributed by atoms with Crippen molar-refractivity contribution >= 4 is 34.2 Å². The van der Waals surface area contributed by atoms with E-state index in [-0.39, 0.29) is 17.4 Å². The highest BCUT2D eigenvalue weighted by atomic mass is 35.5. The summed E-state index contributed by atoms with van der Waals surface area (Å²) in [5.74, 6) is -3.18. The van der Waals surface area contributed by atoms with Crippen molar-refractivity contribution < 1.29 is 13.2 Å². The monoisotopic (exact) mass is 330 g/mol. The maximum atomic E-state index is 14.0. The zero-order chi connectivity index (χ0) is 15.1. The summed E-state index contributed by atoms with van der Waals surface area (Å²) in [6, 6.07) is 6.23. The fourth-order valence-corrected chi connectivity index (χ4v) is 2.57. The molecular formula is C14H7Cl2F3N2. The molecule has 0 atom stereocenters. The van der Waals surface area contributed by atoms with Crippen LogP contribution in [0.1, 0.15) is 5.82 Å². The number of benzene rings is 2. The number of rotatable bonds is 2. The highest BCUT2D eigenvalue weighted by Crippen LogP contribution is 2.29.